The smallest absolute Gasteiger partial charge is 0.387 e. The number of halogens is 4. The van der Waals surface area contributed by atoms with Crippen molar-refractivity contribution >= 4 is 50.2 Å². The average molecular weight is 634 g/mol. The highest BCUT2D eigenvalue weighted by atomic mass is 35.5. The van der Waals surface area contributed by atoms with E-state index < -0.39 is 30.5 Å². The van der Waals surface area contributed by atoms with Crippen LogP contribution in [0.5, 0.6) is 5.75 Å². The summed E-state index contributed by atoms with van der Waals surface area (Å²) < 4.78 is 57.7. The van der Waals surface area contributed by atoms with E-state index in [-0.39, 0.29) is 56.7 Å². The molecule has 0 spiro atoms. The summed E-state index contributed by atoms with van der Waals surface area (Å²) in [6, 6.07) is 6.59. The Bertz CT molecular complexity index is 1740. The summed E-state index contributed by atoms with van der Waals surface area (Å²) in [6.45, 7) is -3.12. The van der Waals surface area contributed by atoms with E-state index in [1.807, 2.05) is 0 Å². The van der Waals surface area contributed by atoms with E-state index in [0.717, 1.165) is 31.7 Å². The number of aromatic carboxylic acids is 1. The van der Waals surface area contributed by atoms with E-state index in [2.05, 4.69) is 19.8 Å². The number of benzene rings is 2. The molecule has 43 heavy (non-hydrogen) atoms. The molecule has 3 aliphatic rings. The number of thiazole rings is 1. The summed E-state index contributed by atoms with van der Waals surface area (Å²) in [7, 11) is 0. The van der Waals surface area contributed by atoms with Crippen LogP contribution in [0, 0.1) is 5.82 Å². The Morgan fingerprint density at radius 1 is 1.14 bits per heavy atom. The second kappa shape index (κ2) is 10.7. The number of nitrogens with zero attached hydrogens (tertiary/aromatic N) is 3. The van der Waals surface area contributed by atoms with Crippen LogP contribution in [0.15, 0.2) is 34.9 Å². The van der Waals surface area contributed by atoms with Gasteiger partial charge in [-0.05, 0) is 49.9 Å². The lowest BCUT2D eigenvalue weighted by atomic mass is 9.99. The number of piperidine rings is 1. The van der Waals surface area contributed by atoms with Crippen LogP contribution >= 0.6 is 22.9 Å². The van der Waals surface area contributed by atoms with Gasteiger partial charge in [0.05, 0.1) is 20.8 Å². The molecule has 2 saturated heterocycles. The largest absolute Gasteiger partial charge is 0.478 e. The van der Waals surface area contributed by atoms with E-state index in [4.69, 9.17) is 20.9 Å². The van der Waals surface area contributed by atoms with Crippen LogP contribution < -0.4 is 9.64 Å². The number of hydrogen-bond acceptors (Lipinski definition) is 9. The van der Waals surface area contributed by atoms with Gasteiger partial charge in [0.15, 0.2) is 16.7 Å². The van der Waals surface area contributed by atoms with E-state index in [1.165, 1.54) is 35.6 Å². The van der Waals surface area contributed by atoms with Gasteiger partial charge in [0.2, 0.25) is 0 Å². The summed E-state index contributed by atoms with van der Waals surface area (Å²) in [5, 5.41) is 14.0. The summed E-state index contributed by atoms with van der Waals surface area (Å²) >= 11 is 7.62. The Morgan fingerprint density at radius 3 is 2.56 bits per heavy atom. The van der Waals surface area contributed by atoms with Crippen molar-refractivity contribution in [2.45, 2.75) is 69.2 Å². The summed E-state index contributed by atoms with van der Waals surface area (Å²) in [6.07, 6.45) is 3.74. The molecular weight excluding hydrogens is 611 g/mol. The first-order chi connectivity index (χ1) is 20.7. The van der Waals surface area contributed by atoms with Gasteiger partial charge >= 0.3 is 18.6 Å². The lowest BCUT2D eigenvalue weighted by Gasteiger charge is -2.38. The van der Waals surface area contributed by atoms with Crippen molar-refractivity contribution in [1.29, 1.82) is 0 Å². The van der Waals surface area contributed by atoms with E-state index >= 15 is 0 Å². The first-order valence-electron chi connectivity index (χ1n) is 13.7. The fourth-order valence-corrected chi connectivity index (χ4v) is 7.60. The standard InChI is InChI=1S/C29H23ClF3N3O6S/c30-17-2-1-3-19(41-28(32)33)21(17)24-22(25(42-35-24)12-4-5-12)27(39)40-16-10-14-6-7-15(11-16)36(14)29-34-23-18(31)8-13(26(37)38)9-20(23)43-29/h1-3,8-9,12,14-16,28H,4-7,10-11H2,(H,37,38)/t14-,15+,16+. The lowest BCUT2D eigenvalue weighted by Crippen LogP contribution is -2.46. The Kier molecular flexibility index (Phi) is 6.96. The Balaban J connectivity index is 1.14. The Hall–Kier alpha value is -3.84. The highest BCUT2D eigenvalue weighted by Crippen LogP contribution is 2.48. The van der Waals surface area contributed by atoms with Crippen LogP contribution in [0.25, 0.3) is 21.5 Å². The molecule has 2 aromatic carbocycles. The summed E-state index contributed by atoms with van der Waals surface area (Å²) in [5.41, 5.74) is 0.0553. The Labute approximate surface area is 251 Å². The number of fused-ring (bicyclic) bond motifs is 3. The third kappa shape index (κ3) is 5.07. The highest BCUT2D eigenvalue weighted by molar-refractivity contribution is 7.22. The number of hydrogen-bond donors (Lipinski definition) is 1. The number of aromatic nitrogens is 2. The van der Waals surface area contributed by atoms with E-state index in [0.29, 0.717) is 28.4 Å². The monoisotopic (exact) mass is 633 g/mol. The summed E-state index contributed by atoms with van der Waals surface area (Å²) in [5.74, 6) is -2.52. The zero-order valence-corrected chi connectivity index (χ0v) is 23.8. The van der Waals surface area contributed by atoms with Crippen molar-refractivity contribution < 1.29 is 41.9 Å². The minimum absolute atomic E-state index is 0.00853. The van der Waals surface area contributed by atoms with Gasteiger partial charge in [-0.1, -0.05) is 34.2 Å². The molecular formula is C29H23ClF3N3O6S. The topological polar surface area (TPSA) is 115 Å². The third-order valence-electron chi connectivity index (χ3n) is 8.17. The van der Waals surface area contributed by atoms with Crippen LogP contribution in [0.2, 0.25) is 5.02 Å². The van der Waals surface area contributed by atoms with Gasteiger partial charge in [0.1, 0.15) is 28.6 Å². The molecule has 0 radical (unpaired) electrons. The number of rotatable bonds is 8. The van der Waals surface area contributed by atoms with Crippen molar-refractivity contribution in [2.75, 3.05) is 4.90 Å². The van der Waals surface area contributed by atoms with Crippen molar-refractivity contribution in [3.05, 3.63) is 58.1 Å². The number of esters is 1. The molecule has 1 aliphatic carbocycles. The molecule has 14 heteroatoms. The van der Waals surface area contributed by atoms with Crippen molar-refractivity contribution in [3.8, 4) is 17.0 Å². The van der Waals surface area contributed by atoms with Gasteiger partial charge < -0.3 is 24.0 Å². The lowest BCUT2D eigenvalue weighted by molar-refractivity contribution is -0.0494. The molecule has 4 aromatic rings. The number of carbonyl (C=O) groups excluding carboxylic acids is 1. The van der Waals surface area contributed by atoms with Gasteiger partial charge in [-0.25, -0.2) is 19.0 Å². The molecule has 4 heterocycles. The first-order valence-corrected chi connectivity index (χ1v) is 14.9. The number of ether oxygens (including phenoxy) is 2. The number of anilines is 1. The zero-order valence-electron chi connectivity index (χ0n) is 22.3. The maximum absolute atomic E-state index is 14.6. The van der Waals surface area contributed by atoms with Crippen LogP contribution in [0.3, 0.4) is 0 Å². The van der Waals surface area contributed by atoms with Crippen molar-refractivity contribution in [1.82, 2.24) is 10.1 Å². The molecule has 3 fully saturated rings. The predicted octanol–water partition coefficient (Wildman–Crippen LogP) is 7.28. The molecule has 2 aromatic heterocycles. The molecule has 3 atom stereocenters. The van der Waals surface area contributed by atoms with Gasteiger partial charge in [-0.15, -0.1) is 0 Å². The second-order valence-corrected chi connectivity index (χ2v) is 12.3. The average Bonchev–Trinajstić information content (AvgIpc) is 3.45. The molecule has 1 N–H and O–H groups in total. The molecule has 224 valence electrons. The fraction of sp³-hybridized carbons (Fsp3) is 0.379. The molecule has 9 nitrogen and oxygen atoms in total. The summed E-state index contributed by atoms with van der Waals surface area (Å²) in [4.78, 5) is 31.7. The van der Waals surface area contributed by atoms with Gasteiger partial charge in [0, 0.05) is 30.8 Å². The van der Waals surface area contributed by atoms with Crippen LogP contribution in [-0.2, 0) is 4.74 Å². The molecule has 1 saturated carbocycles. The van der Waals surface area contributed by atoms with Crippen LogP contribution in [-0.4, -0.2) is 52.0 Å². The van der Waals surface area contributed by atoms with Gasteiger partial charge in [-0.2, -0.15) is 8.78 Å². The fourth-order valence-electron chi connectivity index (χ4n) is 6.18. The minimum atomic E-state index is -3.12. The van der Waals surface area contributed by atoms with Crippen LogP contribution in [0.1, 0.15) is 70.9 Å². The molecule has 0 unspecified atom stereocenters. The van der Waals surface area contributed by atoms with E-state index in [9.17, 15) is 27.9 Å². The highest BCUT2D eigenvalue weighted by Gasteiger charge is 2.45. The quantitative estimate of drug-likeness (QED) is 0.200. The predicted molar refractivity (Wildman–Crippen MR) is 150 cm³/mol. The van der Waals surface area contributed by atoms with E-state index in [1.54, 1.807) is 0 Å². The number of carbonyl (C=O) groups is 2. The number of alkyl halides is 2. The van der Waals surface area contributed by atoms with Crippen molar-refractivity contribution in [3.63, 3.8) is 0 Å². The van der Waals surface area contributed by atoms with Crippen molar-refractivity contribution in [2.24, 2.45) is 0 Å². The Morgan fingerprint density at radius 2 is 1.88 bits per heavy atom. The number of carboxylic acids is 1. The molecule has 2 aliphatic heterocycles. The van der Waals surface area contributed by atoms with Crippen LogP contribution in [0.4, 0.5) is 18.3 Å². The molecule has 7 rings (SSSR count). The maximum atomic E-state index is 14.6. The second-order valence-electron chi connectivity index (χ2n) is 10.9. The minimum Gasteiger partial charge on any atom is -0.478 e. The normalized spacial score (nSPS) is 21.5. The van der Waals surface area contributed by atoms with Gasteiger partial charge in [0.25, 0.3) is 0 Å². The zero-order chi connectivity index (χ0) is 30.0. The first kappa shape index (κ1) is 28.0. The van der Waals surface area contributed by atoms with Gasteiger partial charge in [-0.3, -0.25) is 0 Å². The maximum Gasteiger partial charge on any atom is 0.387 e. The number of carboxylic acid groups (broad SMARTS) is 1. The molecule has 2 bridgehead atoms. The molecule has 0 amide bonds. The SMILES string of the molecule is O=C(O)c1cc(F)c2nc(N3[C@@H]4CC[C@H]3C[C@@H](OC(=O)c3c(-c5c(Cl)cccc5OC(F)F)noc3C3CC3)C4)sc2c1. The third-order valence-corrected chi connectivity index (χ3v) is 9.50.